The molecule has 342 valence electrons. The smallest absolute Gasteiger partial charge is 0.0541 e. The van der Waals surface area contributed by atoms with Gasteiger partial charge < -0.3 is 9.13 Å². The second kappa shape index (κ2) is 17.3. The van der Waals surface area contributed by atoms with Crippen LogP contribution in [0.15, 0.2) is 231 Å². The van der Waals surface area contributed by atoms with E-state index in [1.54, 1.807) is 0 Å². The average Bonchev–Trinajstić information content (AvgIpc) is 4.05. The molecule has 1 saturated carbocycles. The topological polar surface area (TPSA) is 9.86 Å². The van der Waals surface area contributed by atoms with Crippen molar-refractivity contribution in [1.29, 1.82) is 0 Å². The number of benzene rings is 10. The summed E-state index contributed by atoms with van der Waals surface area (Å²) >= 11 is 0. The van der Waals surface area contributed by atoms with Gasteiger partial charge in [0.15, 0.2) is 0 Å². The predicted octanol–water partition coefficient (Wildman–Crippen LogP) is 18.8. The maximum atomic E-state index is 2.53. The highest BCUT2D eigenvalue weighted by molar-refractivity contribution is 6.11. The summed E-state index contributed by atoms with van der Waals surface area (Å²) in [6.45, 7) is 0. The normalized spacial score (nSPS) is 14.1. The Morgan fingerprint density at radius 2 is 0.667 bits per heavy atom. The van der Waals surface area contributed by atoms with Gasteiger partial charge in [-0.15, -0.1) is 0 Å². The minimum absolute atomic E-state index is 0.0449. The largest absolute Gasteiger partial charge is 0.309 e. The van der Waals surface area contributed by atoms with E-state index in [1.807, 2.05) is 0 Å². The van der Waals surface area contributed by atoms with E-state index in [0.29, 0.717) is 0 Å². The van der Waals surface area contributed by atoms with Crippen molar-refractivity contribution in [3.8, 4) is 44.8 Å². The molecule has 72 heavy (non-hydrogen) atoms. The molecule has 0 N–H and O–H groups in total. The van der Waals surface area contributed by atoms with Crippen molar-refractivity contribution in [3.05, 3.63) is 264 Å². The number of nitrogens with zero attached hydrogens (tertiary/aromatic N) is 2. The van der Waals surface area contributed by atoms with Gasteiger partial charge >= 0.3 is 0 Å². The molecule has 0 amide bonds. The van der Waals surface area contributed by atoms with Gasteiger partial charge in [0, 0.05) is 38.3 Å². The highest BCUT2D eigenvalue weighted by Gasteiger charge is 2.44. The van der Waals surface area contributed by atoms with Crippen molar-refractivity contribution in [1.82, 2.24) is 9.13 Å². The molecule has 0 atom stereocenters. The number of para-hydroxylation sites is 4. The minimum atomic E-state index is 0.0449. The lowest BCUT2D eigenvalue weighted by Crippen LogP contribution is -2.28. The van der Waals surface area contributed by atoms with Crippen molar-refractivity contribution in [2.45, 2.75) is 37.5 Å². The maximum Gasteiger partial charge on any atom is 0.0541 e. The molecule has 1 fully saturated rings. The summed E-state index contributed by atoms with van der Waals surface area (Å²) in [5.74, 6) is 0. The van der Waals surface area contributed by atoms with Crippen molar-refractivity contribution < 1.29 is 0 Å². The fraction of sp³-hybridized carbons (Fsp3) is 0.0857. The van der Waals surface area contributed by atoms with Crippen molar-refractivity contribution in [3.63, 3.8) is 0 Å². The first-order valence-corrected chi connectivity index (χ1v) is 25.7. The van der Waals surface area contributed by atoms with Gasteiger partial charge in [0.05, 0.1) is 22.1 Å². The Morgan fingerprint density at radius 3 is 1.12 bits per heavy atom. The molecule has 2 aliphatic carbocycles. The second-order valence-corrected chi connectivity index (χ2v) is 20.0. The number of aromatic nitrogens is 2. The Balaban J connectivity index is 0.713. The molecule has 1 spiro atoms. The van der Waals surface area contributed by atoms with Crippen molar-refractivity contribution in [2.75, 3.05) is 0 Å². The molecular weight excluding hydrogens is 869 g/mol. The molecule has 0 unspecified atom stereocenters. The Kier molecular flexibility index (Phi) is 10.1. The molecule has 2 heteroatoms. The van der Waals surface area contributed by atoms with E-state index < -0.39 is 0 Å². The predicted molar refractivity (Wildman–Crippen MR) is 306 cm³/mol. The van der Waals surface area contributed by atoms with Gasteiger partial charge in [-0.05, 0) is 152 Å². The Labute approximate surface area is 421 Å². The highest BCUT2D eigenvalue weighted by atomic mass is 15.0. The third-order valence-electron chi connectivity index (χ3n) is 15.9. The summed E-state index contributed by atoms with van der Waals surface area (Å²) in [6, 6.07) is 85.3. The fourth-order valence-electron chi connectivity index (χ4n) is 12.4. The SMILES string of the molecule is C(=Cc1ccc2c(c1)c1ccccc1n2-c1ccccc1)c1ccc(-c2ccc3c(c2)C2(CCCCC2)c2cc(-c4ccc(C=Cc5ccc6c(c5)c5ccccc5n6-c5ccccc5)cc4)ccc2-3)cc1. The molecule has 0 aliphatic heterocycles. The molecule has 0 radical (unpaired) electrons. The summed E-state index contributed by atoms with van der Waals surface area (Å²) in [5.41, 5.74) is 23.1. The van der Waals surface area contributed by atoms with E-state index in [-0.39, 0.29) is 5.41 Å². The molecule has 14 rings (SSSR count). The Hall–Kier alpha value is -8.72. The lowest BCUT2D eigenvalue weighted by atomic mass is 9.67. The van der Waals surface area contributed by atoms with Crippen LogP contribution >= 0.6 is 0 Å². The average molecular weight is 921 g/mol. The summed E-state index contributed by atoms with van der Waals surface area (Å²) in [4.78, 5) is 0. The lowest BCUT2D eigenvalue weighted by molar-refractivity contribution is 0.353. The zero-order chi connectivity index (χ0) is 47.6. The van der Waals surface area contributed by atoms with Gasteiger partial charge in [0.1, 0.15) is 0 Å². The van der Waals surface area contributed by atoms with Crippen LogP contribution in [0, 0.1) is 0 Å². The van der Waals surface area contributed by atoms with Gasteiger partial charge in [-0.3, -0.25) is 0 Å². The zero-order valence-corrected chi connectivity index (χ0v) is 40.2. The van der Waals surface area contributed by atoms with Crippen LogP contribution in [0.4, 0.5) is 0 Å². The summed E-state index contributed by atoms with van der Waals surface area (Å²) in [6.07, 6.45) is 15.2. The molecule has 2 aromatic heterocycles. The van der Waals surface area contributed by atoms with E-state index in [4.69, 9.17) is 0 Å². The zero-order valence-electron chi connectivity index (χ0n) is 40.2. The fourth-order valence-corrected chi connectivity index (χ4v) is 12.4. The van der Waals surface area contributed by atoms with E-state index in [0.717, 1.165) is 0 Å². The van der Waals surface area contributed by atoms with Crippen LogP contribution < -0.4 is 0 Å². The van der Waals surface area contributed by atoms with E-state index in [2.05, 4.69) is 264 Å². The van der Waals surface area contributed by atoms with Crippen LogP contribution in [0.3, 0.4) is 0 Å². The molecular formula is C70H52N2. The third kappa shape index (κ3) is 7.09. The van der Waals surface area contributed by atoms with Gasteiger partial charge in [-0.2, -0.15) is 0 Å². The summed E-state index contributed by atoms with van der Waals surface area (Å²) < 4.78 is 4.74. The molecule has 2 heterocycles. The minimum Gasteiger partial charge on any atom is -0.309 e. The monoisotopic (exact) mass is 920 g/mol. The first-order valence-electron chi connectivity index (χ1n) is 25.7. The molecule has 10 aromatic carbocycles. The van der Waals surface area contributed by atoms with Gasteiger partial charge in [0.25, 0.3) is 0 Å². The highest BCUT2D eigenvalue weighted by Crippen LogP contribution is 2.57. The second-order valence-electron chi connectivity index (χ2n) is 20.0. The Morgan fingerprint density at radius 1 is 0.292 bits per heavy atom. The van der Waals surface area contributed by atoms with Crippen LogP contribution in [0.1, 0.15) is 65.5 Å². The number of hydrogen-bond donors (Lipinski definition) is 0. The van der Waals surface area contributed by atoms with Gasteiger partial charge in [-0.1, -0.05) is 201 Å². The summed E-state index contributed by atoms with van der Waals surface area (Å²) in [7, 11) is 0. The van der Waals surface area contributed by atoms with Crippen molar-refractivity contribution in [2.24, 2.45) is 0 Å². The van der Waals surface area contributed by atoms with Crippen LogP contribution in [0.25, 0.3) is 113 Å². The van der Waals surface area contributed by atoms with Crippen LogP contribution in [-0.2, 0) is 5.41 Å². The van der Waals surface area contributed by atoms with Crippen LogP contribution in [0.2, 0.25) is 0 Å². The van der Waals surface area contributed by atoms with Crippen LogP contribution in [-0.4, -0.2) is 9.13 Å². The van der Waals surface area contributed by atoms with E-state index >= 15 is 0 Å². The number of rotatable bonds is 8. The van der Waals surface area contributed by atoms with Gasteiger partial charge in [-0.25, -0.2) is 0 Å². The molecule has 0 bridgehead atoms. The number of fused-ring (bicyclic) bond motifs is 11. The van der Waals surface area contributed by atoms with E-state index in [1.165, 1.54) is 154 Å². The molecule has 2 aliphatic rings. The maximum absolute atomic E-state index is 2.53. The quantitative estimate of drug-likeness (QED) is 0.134. The molecule has 12 aromatic rings. The van der Waals surface area contributed by atoms with Crippen molar-refractivity contribution >= 4 is 67.9 Å². The Bertz CT molecular complexity index is 3820. The lowest BCUT2D eigenvalue weighted by Gasteiger charge is -2.36. The summed E-state index contributed by atoms with van der Waals surface area (Å²) in [5, 5.41) is 5.08. The van der Waals surface area contributed by atoms with Gasteiger partial charge in [0.2, 0.25) is 0 Å². The first kappa shape index (κ1) is 42.2. The first-order chi connectivity index (χ1) is 35.6. The number of hydrogen-bond acceptors (Lipinski definition) is 0. The molecule has 0 saturated heterocycles. The standard InChI is InChI=1S/C70H52N2/c1-4-14-56(15-5-1)71-66-20-10-8-18-60(66)62-44-50(30-40-68(62)71)24-22-48-26-32-52(33-27-48)54-36-38-58-59-39-37-55(47-65(59)70(64(58)46-54)42-12-3-13-43-70)53-34-28-49(29-35-53)23-25-51-31-41-69-63(45-51)61-19-9-11-21-67(61)72(69)57-16-6-2-7-17-57/h1-2,4-11,14-41,44-47H,3,12-13,42-43H2. The van der Waals surface area contributed by atoms with Crippen LogP contribution in [0.5, 0.6) is 0 Å². The van der Waals surface area contributed by atoms with E-state index in [9.17, 15) is 0 Å². The third-order valence-corrected chi connectivity index (χ3v) is 15.9. The molecule has 2 nitrogen and oxygen atoms in total.